The lowest BCUT2D eigenvalue weighted by Gasteiger charge is -2.18. The van der Waals surface area contributed by atoms with Gasteiger partial charge in [0, 0.05) is 5.56 Å². The third-order valence-electron chi connectivity index (χ3n) is 4.61. The third kappa shape index (κ3) is 4.90. The zero-order chi connectivity index (χ0) is 20.8. The van der Waals surface area contributed by atoms with Gasteiger partial charge in [-0.1, -0.05) is 60.7 Å². The second-order valence-corrected chi connectivity index (χ2v) is 7.86. The average Bonchev–Trinajstić information content (AvgIpc) is 3.21. The van der Waals surface area contributed by atoms with Crippen molar-refractivity contribution in [3.05, 3.63) is 101 Å². The van der Waals surface area contributed by atoms with Crippen molar-refractivity contribution in [2.24, 2.45) is 0 Å². The molecule has 0 bridgehead atoms. The molecule has 6 heteroatoms. The molecule has 0 saturated heterocycles. The van der Waals surface area contributed by atoms with E-state index in [1.807, 2.05) is 60.7 Å². The van der Waals surface area contributed by atoms with Crippen molar-refractivity contribution < 1.29 is 14.3 Å². The van der Waals surface area contributed by atoms with E-state index in [1.54, 1.807) is 24.3 Å². The highest BCUT2D eigenvalue weighted by Gasteiger charge is 2.20. The molecule has 4 aromatic rings. The molecule has 150 valence electrons. The van der Waals surface area contributed by atoms with E-state index in [4.69, 9.17) is 4.74 Å². The number of carbonyl (C=O) groups excluding carboxylic acids is 2. The minimum atomic E-state index is -0.484. The number of aromatic nitrogens is 1. The number of nitrogens with zero attached hydrogens (tertiary/aromatic N) is 1. The van der Waals surface area contributed by atoms with E-state index in [2.05, 4.69) is 10.3 Å². The molecule has 0 saturated carbocycles. The van der Waals surface area contributed by atoms with Gasteiger partial charge >= 0.3 is 5.97 Å². The van der Waals surface area contributed by atoms with E-state index in [0.29, 0.717) is 5.56 Å². The largest absolute Gasteiger partial charge is 0.458 e. The highest BCUT2D eigenvalue weighted by molar-refractivity contribution is 7.18. The van der Waals surface area contributed by atoms with Gasteiger partial charge < -0.3 is 10.1 Å². The van der Waals surface area contributed by atoms with Crippen molar-refractivity contribution in [1.29, 1.82) is 0 Å². The summed E-state index contributed by atoms with van der Waals surface area (Å²) in [6, 6.07) is 25.7. The summed E-state index contributed by atoms with van der Waals surface area (Å²) in [7, 11) is 0. The highest BCUT2D eigenvalue weighted by atomic mass is 32.1. The van der Waals surface area contributed by atoms with Crippen molar-refractivity contribution in [1.82, 2.24) is 10.3 Å². The van der Waals surface area contributed by atoms with Gasteiger partial charge in [-0.3, -0.25) is 9.59 Å². The summed E-state index contributed by atoms with van der Waals surface area (Å²) in [6.07, 6.45) is 0.0352. The molecule has 1 heterocycles. The summed E-state index contributed by atoms with van der Waals surface area (Å²) in [5.41, 5.74) is 2.28. The highest BCUT2D eigenvalue weighted by Crippen LogP contribution is 2.23. The van der Waals surface area contributed by atoms with Crippen molar-refractivity contribution in [2.75, 3.05) is 0 Å². The molecule has 3 aromatic carbocycles. The molecule has 0 radical (unpaired) electrons. The molecular formula is C24H20N2O3S. The molecular weight excluding hydrogens is 396 g/mol. The zero-order valence-corrected chi connectivity index (χ0v) is 17.0. The average molecular weight is 417 g/mol. The van der Waals surface area contributed by atoms with Crippen LogP contribution < -0.4 is 5.32 Å². The lowest BCUT2D eigenvalue weighted by Crippen LogP contribution is -2.30. The molecule has 0 aliphatic heterocycles. The third-order valence-corrected chi connectivity index (χ3v) is 5.62. The zero-order valence-electron chi connectivity index (χ0n) is 16.2. The van der Waals surface area contributed by atoms with Gasteiger partial charge in [0.15, 0.2) is 0 Å². The molecule has 0 unspecified atom stereocenters. The molecule has 1 atom stereocenters. The van der Waals surface area contributed by atoms with Crippen LogP contribution in [0.4, 0.5) is 0 Å². The first kappa shape index (κ1) is 19.8. The Morgan fingerprint density at radius 2 is 1.57 bits per heavy atom. The molecule has 30 heavy (non-hydrogen) atoms. The first-order valence-corrected chi connectivity index (χ1v) is 10.4. The first-order valence-electron chi connectivity index (χ1n) is 9.60. The Balaban J connectivity index is 1.43. The number of carbonyl (C=O) groups is 2. The van der Waals surface area contributed by atoms with Crippen LogP contribution in [0, 0.1) is 0 Å². The van der Waals surface area contributed by atoms with E-state index in [9.17, 15) is 9.59 Å². The molecule has 1 amide bonds. The number of ether oxygens (including phenoxy) is 1. The maximum atomic E-state index is 12.6. The maximum absolute atomic E-state index is 12.6. The maximum Gasteiger partial charge on any atom is 0.308 e. The van der Waals surface area contributed by atoms with Crippen LogP contribution in [0.3, 0.4) is 0 Å². The fourth-order valence-electron chi connectivity index (χ4n) is 3.12. The smallest absolute Gasteiger partial charge is 0.308 e. The van der Waals surface area contributed by atoms with Gasteiger partial charge in [0.25, 0.3) is 5.91 Å². The molecule has 0 spiro atoms. The summed E-state index contributed by atoms with van der Waals surface area (Å²) in [5, 5.41) is 3.69. The summed E-state index contributed by atoms with van der Waals surface area (Å²) in [6.45, 7) is 0.117. The quantitative estimate of drug-likeness (QED) is 0.435. The number of benzene rings is 3. The molecule has 5 nitrogen and oxygen atoms in total. The number of hydrogen-bond donors (Lipinski definition) is 1. The second kappa shape index (κ2) is 9.33. The molecule has 0 aliphatic carbocycles. The van der Waals surface area contributed by atoms with E-state index < -0.39 is 12.0 Å². The van der Waals surface area contributed by atoms with E-state index in [0.717, 1.165) is 20.8 Å². The van der Waals surface area contributed by atoms with E-state index in [1.165, 1.54) is 11.3 Å². The van der Waals surface area contributed by atoms with Gasteiger partial charge in [0.05, 0.1) is 22.7 Å². The van der Waals surface area contributed by atoms with Crippen molar-refractivity contribution in [2.45, 2.75) is 19.1 Å². The van der Waals surface area contributed by atoms with Crippen LogP contribution in [-0.2, 0) is 16.1 Å². The SMILES string of the molecule is O=C(C[C@@H](NC(=O)c1ccccc1)c1ccccc1)OCc1nc2ccccc2s1. The number of amides is 1. The molecule has 1 aromatic heterocycles. The Hall–Kier alpha value is -3.51. The van der Waals surface area contributed by atoms with Crippen molar-refractivity contribution in [3.63, 3.8) is 0 Å². The van der Waals surface area contributed by atoms with Crippen molar-refractivity contribution >= 4 is 33.4 Å². The minimum absolute atomic E-state index is 0.0352. The normalized spacial score (nSPS) is 11.7. The molecule has 4 rings (SSSR count). The number of para-hydroxylation sites is 1. The lowest BCUT2D eigenvalue weighted by atomic mass is 10.0. The number of fused-ring (bicyclic) bond motifs is 1. The Morgan fingerprint density at radius 1 is 0.900 bits per heavy atom. The van der Waals surface area contributed by atoms with Gasteiger partial charge in [-0.25, -0.2) is 4.98 Å². The Kier molecular flexibility index (Phi) is 6.15. The number of hydrogen-bond acceptors (Lipinski definition) is 5. The topological polar surface area (TPSA) is 68.3 Å². The Bertz CT molecular complexity index is 1110. The Labute approximate surface area is 178 Å². The molecule has 1 N–H and O–H groups in total. The van der Waals surface area contributed by atoms with Gasteiger partial charge in [0.1, 0.15) is 11.6 Å². The van der Waals surface area contributed by atoms with E-state index in [-0.39, 0.29) is 18.9 Å². The predicted molar refractivity (Wildman–Crippen MR) is 117 cm³/mol. The number of thiazole rings is 1. The standard InChI is InChI=1S/C24H20N2O3S/c27-23(29-16-22-25-19-13-7-8-14-21(19)30-22)15-20(17-9-3-1-4-10-17)26-24(28)18-11-5-2-6-12-18/h1-14,20H,15-16H2,(H,26,28)/t20-/m1/s1. The molecule has 0 aliphatic rings. The fraction of sp³-hybridized carbons (Fsp3) is 0.125. The van der Waals surface area contributed by atoms with Gasteiger partial charge in [-0.05, 0) is 29.8 Å². The van der Waals surface area contributed by atoms with Crippen LogP contribution in [0.25, 0.3) is 10.2 Å². The van der Waals surface area contributed by atoms with Crippen LogP contribution in [-0.4, -0.2) is 16.9 Å². The van der Waals surface area contributed by atoms with Crippen LogP contribution in [0.2, 0.25) is 0 Å². The minimum Gasteiger partial charge on any atom is -0.458 e. The molecule has 0 fully saturated rings. The van der Waals surface area contributed by atoms with Crippen molar-refractivity contribution in [3.8, 4) is 0 Å². The summed E-state index contributed by atoms with van der Waals surface area (Å²) in [4.78, 5) is 29.6. The van der Waals surface area contributed by atoms with Gasteiger partial charge in [0.2, 0.25) is 0 Å². The second-order valence-electron chi connectivity index (χ2n) is 6.74. The predicted octanol–water partition coefficient (Wildman–Crippen LogP) is 4.90. The van der Waals surface area contributed by atoms with E-state index >= 15 is 0 Å². The summed E-state index contributed by atoms with van der Waals surface area (Å²) in [5.74, 6) is -0.625. The van der Waals surface area contributed by atoms with Crippen LogP contribution in [0.5, 0.6) is 0 Å². The number of rotatable bonds is 7. The number of esters is 1. The van der Waals surface area contributed by atoms with Crippen LogP contribution >= 0.6 is 11.3 Å². The van der Waals surface area contributed by atoms with Gasteiger partial charge in [-0.2, -0.15) is 0 Å². The lowest BCUT2D eigenvalue weighted by molar-refractivity contribution is -0.145. The number of nitrogens with one attached hydrogen (secondary N) is 1. The van der Waals surface area contributed by atoms with Crippen LogP contribution in [0.1, 0.15) is 33.4 Å². The fourth-order valence-corrected chi connectivity index (χ4v) is 4.00. The monoisotopic (exact) mass is 416 g/mol. The van der Waals surface area contributed by atoms with Crippen LogP contribution in [0.15, 0.2) is 84.9 Å². The Morgan fingerprint density at radius 3 is 2.30 bits per heavy atom. The first-order chi connectivity index (χ1) is 14.7. The summed E-state index contributed by atoms with van der Waals surface area (Å²) >= 11 is 1.50. The summed E-state index contributed by atoms with van der Waals surface area (Å²) < 4.78 is 6.51. The van der Waals surface area contributed by atoms with Gasteiger partial charge in [-0.15, -0.1) is 11.3 Å².